The summed E-state index contributed by atoms with van der Waals surface area (Å²) in [5.41, 5.74) is 0.125. The molecule has 0 aromatic heterocycles. The molecule has 4 nitrogen and oxygen atoms in total. The van der Waals surface area contributed by atoms with E-state index in [0.29, 0.717) is 5.69 Å². The predicted molar refractivity (Wildman–Crippen MR) is 93.2 cm³/mol. The molecule has 0 aliphatic carbocycles. The van der Waals surface area contributed by atoms with Crippen molar-refractivity contribution in [2.75, 3.05) is 18.0 Å². The first kappa shape index (κ1) is 19.1. The Morgan fingerprint density at radius 1 is 1.08 bits per heavy atom. The first-order valence-electron chi connectivity index (χ1n) is 7.26. The molecule has 0 aliphatic rings. The molecule has 0 saturated carbocycles. The highest BCUT2D eigenvalue weighted by Gasteiger charge is 2.17. The highest BCUT2D eigenvalue weighted by Crippen LogP contribution is 2.23. The summed E-state index contributed by atoms with van der Waals surface area (Å²) in [7, 11) is 0. The average Bonchev–Trinajstić information content (AvgIpc) is 2.54. The van der Waals surface area contributed by atoms with Crippen molar-refractivity contribution in [2.45, 2.75) is 6.92 Å². The predicted octanol–water partition coefficient (Wildman–Crippen LogP) is 4.05. The smallest absolute Gasteiger partial charge is 0.255 e. The maximum absolute atomic E-state index is 13.7. The minimum Gasteiger partial charge on any atom is -0.350 e. The third-order valence-corrected chi connectivity index (χ3v) is 4.01. The molecule has 0 heterocycles. The largest absolute Gasteiger partial charge is 0.350 e. The molecule has 2 aromatic rings. The molecular weight excluding hydrogens is 373 g/mol. The van der Waals surface area contributed by atoms with Crippen LogP contribution in [0.25, 0.3) is 0 Å². The van der Waals surface area contributed by atoms with Crippen LogP contribution in [0.15, 0.2) is 36.4 Å². The molecule has 8 heteroatoms. The van der Waals surface area contributed by atoms with E-state index in [1.54, 1.807) is 0 Å². The van der Waals surface area contributed by atoms with Gasteiger partial charge in [-0.3, -0.25) is 9.59 Å². The lowest BCUT2D eigenvalue weighted by Gasteiger charge is -2.21. The van der Waals surface area contributed by atoms with Gasteiger partial charge in [-0.25, -0.2) is 8.78 Å². The van der Waals surface area contributed by atoms with Gasteiger partial charge < -0.3 is 10.2 Å². The Labute approximate surface area is 153 Å². The number of anilines is 1. The van der Waals surface area contributed by atoms with Crippen molar-refractivity contribution in [1.82, 2.24) is 5.32 Å². The molecule has 0 saturated heterocycles. The van der Waals surface area contributed by atoms with E-state index in [1.165, 1.54) is 36.1 Å². The third kappa shape index (κ3) is 4.67. The van der Waals surface area contributed by atoms with Crippen LogP contribution in [0.3, 0.4) is 0 Å². The molecule has 1 N–H and O–H groups in total. The fraction of sp³-hybridized carbons (Fsp3) is 0.176. The molecule has 0 fully saturated rings. The Kier molecular flexibility index (Phi) is 6.33. The SMILES string of the molecule is CC(=O)N(CCNC(=O)c1c(F)cccc1Cl)c1ccc(F)c(Cl)c1. The van der Waals surface area contributed by atoms with Crippen molar-refractivity contribution in [3.8, 4) is 0 Å². The summed E-state index contributed by atoms with van der Waals surface area (Å²) in [6.07, 6.45) is 0. The molecular formula is C17H14Cl2F2N2O2. The van der Waals surface area contributed by atoms with Gasteiger partial charge in [-0.15, -0.1) is 0 Å². The number of nitrogens with zero attached hydrogens (tertiary/aromatic N) is 1. The van der Waals surface area contributed by atoms with Gasteiger partial charge in [0, 0.05) is 25.7 Å². The number of carbonyl (C=O) groups excluding carboxylic acids is 2. The monoisotopic (exact) mass is 386 g/mol. The summed E-state index contributed by atoms with van der Waals surface area (Å²) in [4.78, 5) is 25.2. The third-order valence-electron chi connectivity index (χ3n) is 3.41. The minimum absolute atomic E-state index is 0.00811. The van der Waals surface area contributed by atoms with Crippen molar-refractivity contribution < 1.29 is 18.4 Å². The van der Waals surface area contributed by atoms with Crippen LogP contribution in [0.5, 0.6) is 0 Å². The number of amides is 2. The molecule has 0 spiro atoms. The highest BCUT2D eigenvalue weighted by molar-refractivity contribution is 6.33. The van der Waals surface area contributed by atoms with Gasteiger partial charge in [-0.2, -0.15) is 0 Å². The molecule has 0 bridgehead atoms. The summed E-state index contributed by atoms with van der Waals surface area (Å²) in [5.74, 6) is -2.35. The fourth-order valence-corrected chi connectivity index (χ4v) is 2.63. The van der Waals surface area contributed by atoms with Gasteiger partial charge in [-0.05, 0) is 30.3 Å². The standard InChI is InChI=1S/C17H14Cl2F2N2O2/c1-10(24)23(11-5-6-14(20)13(19)9-11)8-7-22-17(25)16-12(18)3-2-4-15(16)21/h2-6,9H,7-8H2,1H3,(H,22,25). The van der Waals surface area contributed by atoms with Crippen LogP contribution in [0.2, 0.25) is 10.0 Å². The molecule has 0 atom stereocenters. The van der Waals surface area contributed by atoms with Crippen molar-refractivity contribution >= 4 is 40.7 Å². The number of nitrogens with one attached hydrogen (secondary N) is 1. The summed E-state index contributed by atoms with van der Waals surface area (Å²) in [5, 5.41) is 2.37. The fourth-order valence-electron chi connectivity index (χ4n) is 2.21. The van der Waals surface area contributed by atoms with Crippen molar-refractivity contribution in [3.63, 3.8) is 0 Å². The quantitative estimate of drug-likeness (QED) is 0.842. The number of benzene rings is 2. The van der Waals surface area contributed by atoms with Crippen molar-refractivity contribution in [1.29, 1.82) is 0 Å². The first-order chi connectivity index (χ1) is 11.8. The molecule has 2 amide bonds. The van der Waals surface area contributed by atoms with Gasteiger partial charge in [0.2, 0.25) is 5.91 Å². The lowest BCUT2D eigenvalue weighted by molar-refractivity contribution is -0.116. The van der Waals surface area contributed by atoms with Crippen LogP contribution in [-0.2, 0) is 4.79 Å². The number of hydrogen-bond donors (Lipinski definition) is 1. The normalized spacial score (nSPS) is 10.4. The van der Waals surface area contributed by atoms with E-state index in [9.17, 15) is 18.4 Å². The van der Waals surface area contributed by atoms with Crippen LogP contribution in [-0.4, -0.2) is 24.9 Å². The van der Waals surface area contributed by atoms with Gasteiger partial charge in [-0.1, -0.05) is 29.3 Å². The zero-order valence-corrected chi connectivity index (χ0v) is 14.7. The molecule has 2 aromatic carbocycles. The zero-order valence-electron chi connectivity index (χ0n) is 13.2. The number of halogens is 4. The topological polar surface area (TPSA) is 49.4 Å². The van der Waals surface area contributed by atoms with E-state index in [0.717, 1.165) is 12.1 Å². The van der Waals surface area contributed by atoms with Gasteiger partial charge in [0.1, 0.15) is 11.6 Å². The van der Waals surface area contributed by atoms with E-state index in [1.807, 2.05) is 0 Å². The van der Waals surface area contributed by atoms with Gasteiger partial charge in [0.15, 0.2) is 0 Å². The molecule has 25 heavy (non-hydrogen) atoms. The Hall–Kier alpha value is -2.18. The maximum atomic E-state index is 13.7. The number of hydrogen-bond acceptors (Lipinski definition) is 2. The zero-order chi connectivity index (χ0) is 18.6. The Bertz CT molecular complexity index is 795. The van der Waals surface area contributed by atoms with Crippen molar-refractivity contribution in [2.24, 2.45) is 0 Å². The van der Waals surface area contributed by atoms with Gasteiger partial charge in [0.05, 0.1) is 15.6 Å². The molecule has 0 unspecified atom stereocenters. The summed E-state index contributed by atoms with van der Waals surface area (Å²) < 4.78 is 26.9. The van der Waals surface area contributed by atoms with Crippen LogP contribution < -0.4 is 10.2 Å². The van der Waals surface area contributed by atoms with E-state index in [4.69, 9.17) is 23.2 Å². The lowest BCUT2D eigenvalue weighted by atomic mass is 10.2. The Morgan fingerprint density at radius 2 is 1.80 bits per heavy atom. The molecule has 0 aliphatic heterocycles. The van der Waals surface area contributed by atoms with Crippen LogP contribution >= 0.6 is 23.2 Å². The van der Waals surface area contributed by atoms with Crippen LogP contribution in [0.1, 0.15) is 17.3 Å². The van der Waals surface area contributed by atoms with E-state index in [-0.39, 0.29) is 34.6 Å². The van der Waals surface area contributed by atoms with Crippen LogP contribution in [0.4, 0.5) is 14.5 Å². The summed E-state index contributed by atoms with van der Waals surface area (Å²) >= 11 is 11.6. The van der Waals surface area contributed by atoms with Gasteiger partial charge >= 0.3 is 0 Å². The summed E-state index contributed by atoms with van der Waals surface area (Å²) in [6, 6.07) is 7.78. The summed E-state index contributed by atoms with van der Waals surface area (Å²) in [6.45, 7) is 1.46. The van der Waals surface area contributed by atoms with Gasteiger partial charge in [0.25, 0.3) is 5.91 Å². The molecule has 132 valence electrons. The second-order valence-corrected chi connectivity index (χ2v) is 5.94. The molecule has 0 radical (unpaired) electrons. The van der Waals surface area contributed by atoms with E-state index < -0.39 is 17.5 Å². The van der Waals surface area contributed by atoms with E-state index in [2.05, 4.69) is 5.32 Å². The Balaban J connectivity index is 2.06. The van der Waals surface area contributed by atoms with Crippen LogP contribution in [0, 0.1) is 11.6 Å². The Morgan fingerprint density at radius 3 is 2.40 bits per heavy atom. The minimum atomic E-state index is -0.737. The highest BCUT2D eigenvalue weighted by atomic mass is 35.5. The number of rotatable bonds is 5. The van der Waals surface area contributed by atoms with Crippen molar-refractivity contribution in [3.05, 3.63) is 63.6 Å². The molecule has 2 rings (SSSR count). The second kappa shape index (κ2) is 8.27. The average molecular weight is 387 g/mol. The number of carbonyl (C=O) groups is 2. The maximum Gasteiger partial charge on any atom is 0.255 e. The van der Waals surface area contributed by atoms with E-state index >= 15 is 0 Å². The lowest BCUT2D eigenvalue weighted by Crippen LogP contribution is -2.37. The second-order valence-electron chi connectivity index (χ2n) is 5.12. The first-order valence-corrected chi connectivity index (χ1v) is 8.02.